The maximum Gasteiger partial charge on any atom is 0.336 e. The van der Waals surface area contributed by atoms with Gasteiger partial charge in [-0.2, -0.15) is 0 Å². The van der Waals surface area contributed by atoms with E-state index in [0.29, 0.717) is 12.0 Å². The van der Waals surface area contributed by atoms with Crippen molar-refractivity contribution in [2.45, 2.75) is 6.42 Å². The third-order valence-corrected chi connectivity index (χ3v) is 2.49. The number of dihydropyridines is 1. The van der Waals surface area contributed by atoms with Gasteiger partial charge < -0.3 is 10.1 Å². The quantitative estimate of drug-likeness (QED) is 0.823. The zero-order valence-electron chi connectivity index (χ0n) is 10.0. The third-order valence-electron chi connectivity index (χ3n) is 2.49. The lowest BCUT2D eigenvalue weighted by Gasteiger charge is -2.07. The minimum absolute atomic E-state index is 0.274. The van der Waals surface area contributed by atoms with Gasteiger partial charge in [0.1, 0.15) is 6.61 Å². The van der Waals surface area contributed by atoms with Gasteiger partial charge in [-0.05, 0) is 17.8 Å². The fourth-order valence-corrected chi connectivity index (χ4v) is 1.57. The Kier molecular flexibility index (Phi) is 4.36. The molecule has 0 saturated heterocycles. The van der Waals surface area contributed by atoms with Crippen LogP contribution in [-0.2, 0) is 9.53 Å². The van der Waals surface area contributed by atoms with E-state index in [1.54, 1.807) is 12.4 Å². The topological polar surface area (TPSA) is 38.3 Å². The molecule has 0 unspecified atom stereocenters. The van der Waals surface area contributed by atoms with Crippen molar-refractivity contribution >= 4 is 12.0 Å². The number of benzene rings is 1. The minimum atomic E-state index is -0.274. The smallest absolute Gasteiger partial charge is 0.336 e. The minimum Gasteiger partial charge on any atom is -0.458 e. The van der Waals surface area contributed by atoms with Crippen LogP contribution in [-0.4, -0.2) is 12.6 Å². The van der Waals surface area contributed by atoms with E-state index < -0.39 is 0 Å². The maximum atomic E-state index is 11.6. The van der Waals surface area contributed by atoms with Gasteiger partial charge in [-0.25, -0.2) is 4.79 Å². The number of allylic oxidation sites excluding steroid dienone is 1. The summed E-state index contributed by atoms with van der Waals surface area (Å²) in [6.07, 6.45) is 9.74. The van der Waals surface area contributed by atoms with Crippen molar-refractivity contribution in [2.75, 3.05) is 6.61 Å². The molecule has 0 radical (unpaired) electrons. The number of ether oxygens (including phenoxy) is 1. The Labute approximate surface area is 106 Å². The highest BCUT2D eigenvalue weighted by atomic mass is 16.5. The number of carbonyl (C=O) groups is 1. The van der Waals surface area contributed by atoms with E-state index in [0.717, 1.165) is 5.56 Å². The first-order valence-electron chi connectivity index (χ1n) is 5.85. The van der Waals surface area contributed by atoms with Gasteiger partial charge in [0.25, 0.3) is 0 Å². The van der Waals surface area contributed by atoms with E-state index in [9.17, 15) is 4.79 Å². The molecule has 0 aromatic heterocycles. The van der Waals surface area contributed by atoms with Crippen LogP contribution in [0.4, 0.5) is 0 Å². The summed E-state index contributed by atoms with van der Waals surface area (Å²) in [7, 11) is 0. The first kappa shape index (κ1) is 12.2. The van der Waals surface area contributed by atoms with E-state index >= 15 is 0 Å². The van der Waals surface area contributed by atoms with E-state index in [1.165, 1.54) is 0 Å². The molecule has 0 spiro atoms. The molecule has 0 fully saturated rings. The molecular formula is C15H15NO2. The average Bonchev–Trinajstić information content (AvgIpc) is 2.45. The number of hydrogen-bond acceptors (Lipinski definition) is 3. The molecule has 1 aromatic rings. The van der Waals surface area contributed by atoms with Crippen molar-refractivity contribution in [3.05, 3.63) is 66.0 Å². The van der Waals surface area contributed by atoms with Crippen LogP contribution < -0.4 is 5.32 Å². The number of esters is 1. The van der Waals surface area contributed by atoms with Crippen LogP contribution >= 0.6 is 0 Å². The zero-order valence-corrected chi connectivity index (χ0v) is 10.0. The summed E-state index contributed by atoms with van der Waals surface area (Å²) in [5.41, 5.74) is 1.74. The van der Waals surface area contributed by atoms with Crippen LogP contribution in [0.1, 0.15) is 12.0 Å². The third kappa shape index (κ3) is 3.63. The Balaban J connectivity index is 1.77. The molecule has 1 aliphatic rings. The second-order valence-corrected chi connectivity index (χ2v) is 3.85. The van der Waals surface area contributed by atoms with Crippen molar-refractivity contribution in [3.63, 3.8) is 0 Å². The summed E-state index contributed by atoms with van der Waals surface area (Å²) in [4.78, 5) is 11.6. The predicted molar refractivity (Wildman–Crippen MR) is 71.4 cm³/mol. The standard InChI is InChI=1S/C15H15NO2/c17-15(14-9-4-10-16-12-14)18-11-5-8-13-6-2-1-3-7-13/h1-8,10,12,16H,9,11H2/b8-5+. The Morgan fingerprint density at radius 2 is 2.17 bits per heavy atom. The van der Waals surface area contributed by atoms with Gasteiger partial charge in [0, 0.05) is 12.6 Å². The van der Waals surface area contributed by atoms with Gasteiger partial charge in [-0.15, -0.1) is 0 Å². The highest BCUT2D eigenvalue weighted by Crippen LogP contribution is 2.07. The number of carbonyl (C=O) groups excluding carboxylic acids is 1. The number of rotatable bonds is 4. The van der Waals surface area contributed by atoms with E-state index in [2.05, 4.69) is 5.32 Å². The van der Waals surface area contributed by atoms with Crippen molar-refractivity contribution in [3.8, 4) is 0 Å². The van der Waals surface area contributed by atoms with Gasteiger partial charge in [0.05, 0.1) is 5.57 Å². The van der Waals surface area contributed by atoms with Crippen molar-refractivity contribution in [1.29, 1.82) is 0 Å². The number of hydrogen-bond donors (Lipinski definition) is 1. The van der Waals surface area contributed by atoms with Crippen molar-refractivity contribution < 1.29 is 9.53 Å². The molecule has 3 nitrogen and oxygen atoms in total. The fourth-order valence-electron chi connectivity index (χ4n) is 1.57. The summed E-state index contributed by atoms with van der Waals surface area (Å²) < 4.78 is 5.14. The van der Waals surface area contributed by atoms with Crippen LogP contribution in [0.3, 0.4) is 0 Å². The molecule has 0 amide bonds. The Hall–Kier alpha value is -2.29. The molecule has 2 rings (SSSR count). The van der Waals surface area contributed by atoms with Gasteiger partial charge in [-0.3, -0.25) is 0 Å². The second-order valence-electron chi connectivity index (χ2n) is 3.85. The Bertz CT molecular complexity index is 486. The van der Waals surface area contributed by atoms with Crippen LogP contribution in [0, 0.1) is 0 Å². The Morgan fingerprint density at radius 3 is 2.89 bits per heavy atom. The lowest BCUT2D eigenvalue weighted by atomic mass is 10.2. The largest absolute Gasteiger partial charge is 0.458 e. The second kappa shape index (κ2) is 6.45. The molecule has 18 heavy (non-hydrogen) atoms. The summed E-state index contributed by atoms with van der Waals surface area (Å²) in [6, 6.07) is 9.90. The zero-order chi connectivity index (χ0) is 12.6. The van der Waals surface area contributed by atoms with Gasteiger partial charge in [0.15, 0.2) is 0 Å². The predicted octanol–water partition coefficient (Wildman–Crippen LogP) is 2.63. The van der Waals surface area contributed by atoms with E-state index in [-0.39, 0.29) is 12.6 Å². The van der Waals surface area contributed by atoms with Crippen LogP contribution in [0.2, 0.25) is 0 Å². The maximum absolute atomic E-state index is 11.6. The molecule has 0 aliphatic carbocycles. The summed E-state index contributed by atoms with van der Waals surface area (Å²) >= 11 is 0. The molecule has 92 valence electrons. The molecule has 0 saturated carbocycles. The number of nitrogens with one attached hydrogen (secondary N) is 1. The highest BCUT2D eigenvalue weighted by molar-refractivity contribution is 5.89. The molecule has 1 N–H and O–H groups in total. The first-order chi connectivity index (χ1) is 8.86. The SMILES string of the molecule is O=C(OC/C=C/c1ccccc1)C1=CNC=CC1. The normalized spacial score (nSPS) is 14.1. The van der Waals surface area contributed by atoms with Gasteiger partial charge >= 0.3 is 5.97 Å². The van der Waals surface area contributed by atoms with E-state index in [4.69, 9.17) is 4.74 Å². The van der Waals surface area contributed by atoms with Crippen LogP contribution in [0.5, 0.6) is 0 Å². The lowest BCUT2D eigenvalue weighted by Crippen LogP contribution is -2.12. The molecule has 0 atom stereocenters. The molecule has 1 aliphatic heterocycles. The average molecular weight is 241 g/mol. The van der Waals surface area contributed by atoms with E-state index in [1.807, 2.05) is 48.6 Å². The fraction of sp³-hybridized carbons (Fsp3) is 0.133. The van der Waals surface area contributed by atoms with Crippen LogP contribution in [0.15, 0.2) is 60.5 Å². The van der Waals surface area contributed by atoms with Crippen LogP contribution in [0.25, 0.3) is 6.08 Å². The molecule has 1 heterocycles. The molecule has 3 heteroatoms. The highest BCUT2D eigenvalue weighted by Gasteiger charge is 2.09. The monoisotopic (exact) mass is 241 g/mol. The molecule has 1 aromatic carbocycles. The van der Waals surface area contributed by atoms with Crippen molar-refractivity contribution in [2.24, 2.45) is 0 Å². The summed E-state index contributed by atoms with van der Waals surface area (Å²) in [5, 5.41) is 2.87. The first-order valence-corrected chi connectivity index (χ1v) is 5.85. The van der Waals surface area contributed by atoms with Gasteiger partial charge in [0.2, 0.25) is 0 Å². The molecule has 0 bridgehead atoms. The molecular weight excluding hydrogens is 226 g/mol. The lowest BCUT2D eigenvalue weighted by molar-refractivity contribution is -0.137. The summed E-state index contributed by atoms with van der Waals surface area (Å²) in [5.74, 6) is -0.274. The van der Waals surface area contributed by atoms with Crippen molar-refractivity contribution in [1.82, 2.24) is 5.32 Å². The summed E-state index contributed by atoms with van der Waals surface area (Å²) in [6.45, 7) is 0.286. The Morgan fingerprint density at radius 1 is 1.33 bits per heavy atom. The van der Waals surface area contributed by atoms with Gasteiger partial charge in [-0.1, -0.05) is 42.5 Å².